The molecule has 1 rings (SSSR count). The SMILES string of the molecule is Cn1nccc1CNS(=O)(=O)CCCO. The van der Waals surface area contributed by atoms with Crippen LogP contribution >= 0.6 is 0 Å². The van der Waals surface area contributed by atoms with E-state index in [1.165, 1.54) is 0 Å². The molecule has 0 radical (unpaired) electrons. The Morgan fingerprint density at radius 1 is 1.60 bits per heavy atom. The number of sulfonamides is 1. The van der Waals surface area contributed by atoms with E-state index in [2.05, 4.69) is 9.82 Å². The Hall–Kier alpha value is -0.920. The molecule has 0 spiro atoms. The molecule has 0 aliphatic rings. The molecule has 1 heterocycles. The van der Waals surface area contributed by atoms with Gasteiger partial charge in [-0.1, -0.05) is 0 Å². The van der Waals surface area contributed by atoms with Gasteiger partial charge in [-0.15, -0.1) is 0 Å². The lowest BCUT2D eigenvalue weighted by Crippen LogP contribution is -2.27. The summed E-state index contributed by atoms with van der Waals surface area (Å²) in [4.78, 5) is 0. The second kappa shape index (κ2) is 5.24. The van der Waals surface area contributed by atoms with E-state index in [4.69, 9.17) is 5.11 Å². The molecule has 1 aromatic rings. The van der Waals surface area contributed by atoms with E-state index in [0.29, 0.717) is 0 Å². The van der Waals surface area contributed by atoms with Crippen LogP contribution in [-0.4, -0.2) is 35.7 Å². The fourth-order valence-electron chi connectivity index (χ4n) is 1.09. The van der Waals surface area contributed by atoms with Crippen LogP contribution in [0.25, 0.3) is 0 Å². The summed E-state index contributed by atoms with van der Waals surface area (Å²) in [6.45, 7) is 0.108. The topological polar surface area (TPSA) is 84.2 Å². The van der Waals surface area contributed by atoms with Gasteiger partial charge in [0.2, 0.25) is 10.0 Å². The van der Waals surface area contributed by atoms with Crippen LogP contribution in [0.4, 0.5) is 0 Å². The van der Waals surface area contributed by atoms with Gasteiger partial charge in [-0.3, -0.25) is 4.68 Å². The Balaban J connectivity index is 2.46. The Kier molecular flexibility index (Phi) is 4.25. The van der Waals surface area contributed by atoms with Crippen molar-refractivity contribution in [2.24, 2.45) is 7.05 Å². The van der Waals surface area contributed by atoms with E-state index in [0.717, 1.165) is 5.69 Å². The largest absolute Gasteiger partial charge is 0.396 e. The molecule has 0 bridgehead atoms. The van der Waals surface area contributed by atoms with Crippen LogP contribution in [0.3, 0.4) is 0 Å². The molecular formula is C8H15N3O3S. The lowest BCUT2D eigenvalue weighted by molar-refractivity contribution is 0.295. The molecule has 86 valence electrons. The first-order valence-electron chi connectivity index (χ1n) is 4.60. The Bertz CT molecular complexity index is 399. The fourth-order valence-corrected chi connectivity index (χ4v) is 2.11. The second-order valence-corrected chi connectivity index (χ2v) is 5.09. The highest BCUT2D eigenvalue weighted by atomic mass is 32.2. The van der Waals surface area contributed by atoms with Crippen molar-refractivity contribution >= 4 is 10.0 Å². The number of aryl methyl sites for hydroxylation is 1. The molecule has 0 saturated heterocycles. The summed E-state index contributed by atoms with van der Waals surface area (Å²) in [7, 11) is -1.54. The third-order valence-corrected chi connectivity index (χ3v) is 3.38. The van der Waals surface area contributed by atoms with Crippen molar-refractivity contribution in [2.75, 3.05) is 12.4 Å². The molecular weight excluding hydrogens is 218 g/mol. The van der Waals surface area contributed by atoms with Crippen LogP contribution in [0.5, 0.6) is 0 Å². The van der Waals surface area contributed by atoms with Crippen molar-refractivity contribution in [3.63, 3.8) is 0 Å². The Labute approximate surface area is 89.0 Å². The van der Waals surface area contributed by atoms with Crippen molar-refractivity contribution in [1.82, 2.24) is 14.5 Å². The minimum absolute atomic E-state index is 0.0542. The number of rotatable bonds is 6. The summed E-state index contributed by atoms with van der Waals surface area (Å²) in [5.41, 5.74) is 0.794. The van der Waals surface area contributed by atoms with Gasteiger partial charge in [0.25, 0.3) is 0 Å². The van der Waals surface area contributed by atoms with Gasteiger partial charge in [-0.2, -0.15) is 5.10 Å². The minimum atomic E-state index is -3.29. The van der Waals surface area contributed by atoms with Crippen molar-refractivity contribution in [3.05, 3.63) is 18.0 Å². The molecule has 0 unspecified atom stereocenters. The lowest BCUT2D eigenvalue weighted by Gasteiger charge is -2.05. The highest BCUT2D eigenvalue weighted by Crippen LogP contribution is 1.97. The molecule has 0 aliphatic heterocycles. The highest BCUT2D eigenvalue weighted by Gasteiger charge is 2.09. The molecule has 7 heteroatoms. The summed E-state index contributed by atoms with van der Waals surface area (Å²) >= 11 is 0. The van der Waals surface area contributed by atoms with Crippen LogP contribution in [-0.2, 0) is 23.6 Å². The van der Waals surface area contributed by atoms with Crippen LogP contribution in [0.2, 0.25) is 0 Å². The van der Waals surface area contributed by atoms with E-state index >= 15 is 0 Å². The molecule has 0 aliphatic carbocycles. The molecule has 0 saturated carbocycles. The van der Waals surface area contributed by atoms with Gasteiger partial charge in [0.05, 0.1) is 18.0 Å². The lowest BCUT2D eigenvalue weighted by atomic mass is 10.4. The number of hydrogen-bond acceptors (Lipinski definition) is 4. The minimum Gasteiger partial charge on any atom is -0.396 e. The van der Waals surface area contributed by atoms with Gasteiger partial charge in [-0.25, -0.2) is 13.1 Å². The molecule has 15 heavy (non-hydrogen) atoms. The summed E-state index contributed by atoms with van der Waals surface area (Å²) in [5.74, 6) is -0.0542. The Morgan fingerprint density at radius 2 is 2.33 bits per heavy atom. The first-order valence-corrected chi connectivity index (χ1v) is 6.25. The van der Waals surface area contributed by atoms with E-state index in [1.54, 1.807) is 24.0 Å². The third kappa shape index (κ3) is 3.98. The molecule has 0 atom stereocenters. The van der Waals surface area contributed by atoms with Gasteiger partial charge >= 0.3 is 0 Å². The van der Waals surface area contributed by atoms with Gasteiger partial charge < -0.3 is 5.11 Å². The smallest absolute Gasteiger partial charge is 0.212 e. The third-order valence-electron chi connectivity index (χ3n) is 1.97. The maximum absolute atomic E-state index is 11.3. The molecule has 6 nitrogen and oxygen atoms in total. The van der Waals surface area contributed by atoms with E-state index < -0.39 is 10.0 Å². The van der Waals surface area contributed by atoms with Gasteiger partial charge in [0, 0.05) is 19.9 Å². The molecule has 0 fully saturated rings. The zero-order chi connectivity index (χ0) is 11.3. The Morgan fingerprint density at radius 3 is 2.87 bits per heavy atom. The highest BCUT2D eigenvalue weighted by molar-refractivity contribution is 7.89. The quantitative estimate of drug-likeness (QED) is 0.675. The number of aromatic nitrogens is 2. The predicted molar refractivity (Wildman–Crippen MR) is 55.5 cm³/mol. The maximum Gasteiger partial charge on any atom is 0.212 e. The normalized spacial score (nSPS) is 11.9. The van der Waals surface area contributed by atoms with Crippen LogP contribution in [0, 0.1) is 0 Å². The van der Waals surface area contributed by atoms with Crippen molar-refractivity contribution in [2.45, 2.75) is 13.0 Å². The number of aliphatic hydroxyl groups excluding tert-OH is 1. The number of aliphatic hydroxyl groups is 1. The van der Waals surface area contributed by atoms with E-state index in [-0.39, 0.29) is 25.3 Å². The first-order chi connectivity index (χ1) is 7.05. The summed E-state index contributed by atoms with van der Waals surface area (Å²) < 4.78 is 26.7. The van der Waals surface area contributed by atoms with Gasteiger partial charge in [0.1, 0.15) is 0 Å². The van der Waals surface area contributed by atoms with E-state index in [9.17, 15) is 8.42 Å². The number of nitrogens with zero attached hydrogens (tertiary/aromatic N) is 2. The van der Waals surface area contributed by atoms with Crippen LogP contribution in [0.1, 0.15) is 12.1 Å². The zero-order valence-electron chi connectivity index (χ0n) is 8.55. The average Bonchev–Trinajstić information content (AvgIpc) is 2.58. The number of hydrogen-bond donors (Lipinski definition) is 2. The van der Waals surface area contributed by atoms with Crippen molar-refractivity contribution < 1.29 is 13.5 Å². The fraction of sp³-hybridized carbons (Fsp3) is 0.625. The van der Waals surface area contributed by atoms with Crippen LogP contribution in [0.15, 0.2) is 12.3 Å². The molecule has 2 N–H and O–H groups in total. The van der Waals surface area contributed by atoms with E-state index in [1.807, 2.05) is 0 Å². The monoisotopic (exact) mass is 233 g/mol. The molecule has 0 amide bonds. The van der Waals surface area contributed by atoms with Crippen molar-refractivity contribution in [1.29, 1.82) is 0 Å². The first kappa shape index (κ1) is 12.2. The van der Waals surface area contributed by atoms with Gasteiger partial charge in [0.15, 0.2) is 0 Å². The number of nitrogens with one attached hydrogen (secondary N) is 1. The maximum atomic E-state index is 11.3. The summed E-state index contributed by atoms with van der Waals surface area (Å²) in [5, 5.41) is 12.4. The molecule has 1 aromatic heterocycles. The summed E-state index contributed by atoms with van der Waals surface area (Å²) in [6, 6.07) is 1.74. The predicted octanol–water partition coefficient (Wildman–Crippen LogP) is -0.778. The second-order valence-electron chi connectivity index (χ2n) is 3.16. The summed E-state index contributed by atoms with van der Waals surface area (Å²) in [6.07, 6.45) is 1.86. The standard InChI is InChI=1S/C8H15N3O3S/c1-11-8(3-4-9-11)7-10-15(13,14)6-2-5-12/h3-4,10,12H,2,5-7H2,1H3. The molecule has 0 aromatic carbocycles. The zero-order valence-corrected chi connectivity index (χ0v) is 9.37. The van der Waals surface area contributed by atoms with Gasteiger partial charge in [-0.05, 0) is 12.5 Å². The van der Waals surface area contributed by atoms with Crippen molar-refractivity contribution in [3.8, 4) is 0 Å². The van der Waals surface area contributed by atoms with Crippen LogP contribution < -0.4 is 4.72 Å². The average molecular weight is 233 g/mol.